The molecule has 0 aromatic rings. The summed E-state index contributed by atoms with van der Waals surface area (Å²) in [5.74, 6) is -0.900. The van der Waals surface area contributed by atoms with Gasteiger partial charge in [0.2, 0.25) is 0 Å². The van der Waals surface area contributed by atoms with Crippen LogP contribution in [0.1, 0.15) is 284 Å². The van der Waals surface area contributed by atoms with Gasteiger partial charge in [0.05, 0.1) is 0 Å². The summed E-state index contributed by atoms with van der Waals surface area (Å²) in [5.41, 5.74) is 0. The summed E-state index contributed by atoms with van der Waals surface area (Å²) in [7, 11) is 0. The molecule has 0 aliphatic heterocycles. The molecule has 0 aromatic carbocycles. The van der Waals surface area contributed by atoms with Gasteiger partial charge in [-0.1, -0.05) is 266 Å². The van der Waals surface area contributed by atoms with Gasteiger partial charge in [0.25, 0.3) is 0 Å². The molecule has 0 N–H and O–H groups in total. The topological polar surface area (TPSA) is 78.9 Å². The Morgan fingerprint density at radius 3 is 0.847 bits per heavy atom. The summed E-state index contributed by atoms with van der Waals surface area (Å²) >= 11 is 0. The van der Waals surface area contributed by atoms with Crippen LogP contribution in [-0.2, 0) is 28.6 Å². The van der Waals surface area contributed by atoms with Crippen LogP contribution in [0.4, 0.5) is 0 Å². The van der Waals surface area contributed by atoms with Crippen molar-refractivity contribution in [1.29, 1.82) is 0 Å². The van der Waals surface area contributed by atoms with Gasteiger partial charge < -0.3 is 14.2 Å². The van der Waals surface area contributed by atoms with Crippen LogP contribution in [0, 0.1) is 0 Å². The lowest BCUT2D eigenvalue weighted by Crippen LogP contribution is -2.30. The molecular weight excluding hydrogens is 889 g/mol. The molecule has 0 rings (SSSR count). The number of hydrogen-bond acceptors (Lipinski definition) is 6. The van der Waals surface area contributed by atoms with Gasteiger partial charge in [-0.25, -0.2) is 0 Å². The number of rotatable bonds is 54. The molecular formula is C66H112O6. The van der Waals surface area contributed by atoms with Gasteiger partial charge in [-0.3, -0.25) is 14.4 Å². The molecule has 0 aliphatic rings. The summed E-state index contributed by atoms with van der Waals surface area (Å²) in [4.78, 5) is 38.2. The smallest absolute Gasteiger partial charge is 0.306 e. The summed E-state index contributed by atoms with van der Waals surface area (Å²) in [6.45, 7) is 6.41. The minimum Gasteiger partial charge on any atom is -0.462 e. The van der Waals surface area contributed by atoms with Crippen molar-refractivity contribution < 1.29 is 28.6 Å². The van der Waals surface area contributed by atoms with Crippen molar-refractivity contribution in [3.05, 3.63) is 97.2 Å². The Kier molecular flexibility index (Phi) is 56.8. The lowest BCUT2D eigenvalue weighted by atomic mass is 10.0. The molecule has 0 bridgehead atoms. The number of ether oxygens (including phenoxy) is 3. The van der Waals surface area contributed by atoms with E-state index in [0.29, 0.717) is 19.3 Å². The van der Waals surface area contributed by atoms with Crippen molar-refractivity contribution in [1.82, 2.24) is 0 Å². The van der Waals surface area contributed by atoms with Crippen molar-refractivity contribution in [2.75, 3.05) is 13.2 Å². The van der Waals surface area contributed by atoms with E-state index in [0.717, 1.165) is 135 Å². The monoisotopic (exact) mass is 1000 g/mol. The normalized spacial score (nSPS) is 12.8. The number of allylic oxidation sites excluding steroid dienone is 16. The Morgan fingerprint density at radius 1 is 0.292 bits per heavy atom. The molecule has 0 amide bonds. The largest absolute Gasteiger partial charge is 0.462 e. The minimum absolute atomic E-state index is 0.0843. The predicted molar refractivity (Wildman–Crippen MR) is 311 cm³/mol. The molecule has 0 radical (unpaired) electrons. The third-order valence-electron chi connectivity index (χ3n) is 12.8. The van der Waals surface area contributed by atoms with Crippen LogP contribution in [0.5, 0.6) is 0 Å². The molecule has 6 heteroatoms. The fourth-order valence-corrected chi connectivity index (χ4v) is 8.37. The Balaban J connectivity index is 4.34. The molecule has 72 heavy (non-hydrogen) atoms. The average Bonchev–Trinajstić information content (AvgIpc) is 3.38. The van der Waals surface area contributed by atoms with Gasteiger partial charge in [-0.05, 0) is 96.3 Å². The summed E-state index contributed by atoms with van der Waals surface area (Å²) in [5, 5.41) is 0. The van der Waals surface area contributed by atoms with Crippen molar-refractivity contribution in [3.8, 4) is 0 Å². The Bertz CT molecular complexity index is 1430. The lowest BCUT2D eigenvalue weighted by molar-refractivity contribution is -0.167. The van der Waals surface area contributed by atoms with Crippen LogP contribution in [-0.4, -0.2) is 37.2 Å². The van der Waals surface area contributed by atoms with Crippen LogP contribution in [0.25, 0.3) is 0 Å². The van der Waals surface area contributed by atoms with E-state index in [-0.39, 0.29) is 31.1 Å². The average molecular weight is 1000 g/mol. The first kappa shape index (κ1) is 68.3. The van der Waals surface area contributed by atoms with Gasteiger partial charge in [0, 0.05) is 19.3 Å². The quantitative estimate of drug-likeness (QED) is 0.0261. The Hall–Kier alpha value is -3.67. The first-order chi connectivity index (χ1) is 35.5. The van der Waals surface area contributed by atoms with Crippen LogP contribution < -0.4 is 0 Å². The Morgan fingerprint density at radius 2 is 0.542 bits per heavy atom. The standard InChI is InChI=1S/C66H112O6/c1-4-7-10-13-16-19-22-25-28-29-30-31-32-33-34-35-36-37-39-41-44-47-50-53-56-59-65(68)71-62-63(61-70-64(67)58-55-52-49-46-43-40-27-24-21-18-15-12-9-6-3)72-66(69)60-57-54-51-48-45-42-38-26-23-20-17-14-11-8-5-2/h7-8,10-11,16-17,19-20,25-26,28,30-31,33-34,38,63H,4-6,9,12-15,18,21-24,27,29,32,35-37,39-62H2,1-3H3/b10-7-,11-8-,19-16-,20-17-,28-25-,31-30-,34-33-,38-26-. The van der Waals surface area contributed by atoms with Crippen molar-refractivity contribution in [3.63, 3.8) is 0 Å². The van der Waals surface area contributed by atoms with Crippen LogP contribution in [0.2, 0.25) is 0 Å². The van der Waals surface area contributed by atoms with E-state index in [1.54, 1.807) is 0 Å². The van der Waals surface area contributed by atoms with Gasteiger partial charge in [-0.2, -0.15) is 0 Å². The van der Waals surface area contributed by atoms with Gasteiger partial charge in [0.15, 0.2) is 6.10 Å². The van der Waals surface area contributed by atoms with Gasteiger partial charge in [0.1, 0.15) is 13.2 Å². The first-order valence-corrected chi connectivity index (χ1v) is 30.2. The molecule has 0 spiro atoms. The molecule has 1 unspecified atom stereocenters. The van der Waals surface area contributed by atoms with Crippen LogP contribution in [0.15, 0.2) is 97.2 Å². The van der Waals surface area contributed by atoms with E-state index in [1.807, 2.05) is 0 Å². The molecule has 412 valence electrons. The second kappa shape index (κ2) is 59.9. The third-order valence-corrected chi connectivity index (χ3v) is 12.8. The number of carbonyl (C=O) groups is 3. The van der Waals surface area contributed by atoms with Crippen LogP contribution in [0.3, 0.4) is 0 Å². The number of hydrogen-bond donors (Lipinski definition) is 0. The van der Waals surface area contributed by atoms with Gasteiger partial charge >= 0.3 is 17.9 Å². The molecule has 6 nitrogen and oxygen atoms in total. The molecule has 0 saturated heterocycles. The van der Waals surface area contributed by atoms with Gasteiger partial charge in [-0.15, -0.1) is 0 Å². The molecule has 0 aromatic heterocycles. The van der Waals surface area contributed by atoms with E-state index in [9.17, 15) is 14.4 Å². The van der Waals surface area contributed by atoms with E-state index in [2.05, 4.69) is 118 Å². The molecule has 0 heterocycles. The second-order valence-corrected chi connectivity index (χ2v) is 19.9. The molecule has 0 saturated carbocycles. The Labute approximate surface area is 445 Å². The zero-order chi connectivity index (χ0) is 52.2. The van der Waals surface area contributed by atoms with E-state index < -0.39 is 6.10 Å². The lowest BCUT2D eigenvalue weighted by Gasteiger charge is -2.18. The maximum Gasteiger partial charge on any atom is 0.306 e. The summed E-state index contributed by atoms with van der Waals surface area (Å²) in [6, 6.07) is 0. The number of unbranched alkanes of at least 4 members (excludes halogenated alkanes) is 27. The summed E-state index contributed by atoms with van der Waals surface area (Å²) in [6.07, 6.45) is 79.7. The summed E-state index contributed by atoms with van der Waals surface area (Å²) < 4.78 is 16.9. The van der Waals surface area contributed by atoms with Crippen LogP contribution >= 0.6 is 0 Å². The van der Waals surface area contributed by atoms with Crippen molar-refractivity contribution in [2.45, 2.75) is 290 Å². The predicted octanol–water partition coefficient (Wildman–Crippen LogP) is 20.5. The van der Waals surface area contributed by atoms with E-state index in [4.69, 9.17) is 14.2 Å². The zero-order valence-corrected chi connectivity index (χ0v) is 47.2. The van der Waals surface area contributed by atoms with Crippen molar-refractivity contribution >= 4 is 17.9 Å². The molecule has 0 aliphatic carbocycles. The van der Waals surface area contributed by atoms with E-state index in [1.165, 1.54) is 109 Å². The highest BCUT2D eigenvalue weighted by atomic mass is 16.6. The third kappa shape index (κ3) is 57.2. The SMILES string of the molecule is CC/C=C\C/C=C\C/C=C\C/C=C\C/C=C\CCCCCCCCCCCC(=O)OCC(COC(=O)CCCCCCCCCCCCCCCC)OC(=O)CCCCCCC/C=C\C/C=C\C/C=C\CC. The highest BCUT2D eigenvalue weighted by molar-refractivity contribution is 5.71. The minimum atomic E-state index is -0.789. The second-order valence-electron chi connectivity index (χ2n) is 19.9. The highest BCUT2D eigenvalue weighted by Gasteiger charge is 2.19. The number of carbonyl (C=O) groups excluding carboxylic acids is 3. The zero-order valence-electron chi connectivity index (χ0n) is 47.2. The van der Waals surface area contributed by atoms with E-state index >= 15 is 0 Å². The highest BCUT2D eigenvalue weighted by Crippen LogP contribution is 2.16. The maximum atomic E-state index is 12.9. The first-order valence-electron chi connectivity index (χ1n) is 30.2. The van der Waals surface area contributed by atoms with Crippen molar-refractivity contribution in [2.24, 2.45) is 0 Å². The maximum absolute atomic E-state index is 12.9. The fraction of sp³-hybridized carbons (Fsp3) is 0.712. The molecule has 0 fully saturated rings. The fourth-order valence-electron chi connectivity index (χ4n) is 8.37. The molecule has 1 atom stereocenters. The number of esters is 3.